The number of aliphatic hydroxyl groups is 3. The summed E-state index contributed by atoms with van der Waals surface area (Å²) in [6.07, 6.45) is -6.23. The van der Waals surface area contributed by atoms with Crippen LogP contribution in [0.15, 0.2) is 30.4 Å². The van der Waals surface area contributed by atoms with Crippen molar-refractivity contribution in [1.82, 2.24) is 36.8 Å². The first-order chi connectivity index (χ1) is 42.6. The minimum Gasteiger partial charge on any atom is -0.507 e. The number of rotatable bonds is 33. The Hall–Kier alpha value is -8.30. The van der Waals surface area contributed by atoms with Crippen molar-refractivity contribution in [3.8, 4) is 17.2 Å². The number of carbonyl (C=O) groups excluding carboxylic acids is 12. The maximum Gasteiger partial charge on any atom is 0.253 e. The van der Waals surface area contributed by atoms with Crippen molar-refractivity contribution < 1.29 is 111 Å². The minimum absolute atomic E-state index is 0.00860. The molecule has 0 saturated carbocycles. The Kier molecular flexibility index (Phi) is 25.1. The zero-order chi connectivity index (χ0) is 66.3. The van der Waals surface area contributed by atoms with Crippen LogP contribution in [0.2, 0.25) is 0 Å². The molecule has 6 rings (SSSR count). The molecule has 0 aromatic heterocycles. The van der Waals surface area contributed by atoms with Gasteiger partial charge in [0.15, 0.2) is 17.9 Å². The van der Waals surface area contributed by atoms with E-state index in [1.165, 1.54) is 46.1 Å². The van der Waals surface area contributed by atoms with Gasteiger partial charge in [-0.1, -0.05) is 26.0 Å². The predicted molar refractivity (Wildman–Crippen MR) is 309 cm³/mol. The number of ketones is 3. The lowest BCUT2D eigenvalue weighted by molar-refractivity contribution is -0.249. The van der Waals surface area contributed by atoms with Gasteiger partial charge in [0.25, 0.3) is 11.8 Å². The fourth-order valence-corrected chi connectivity index (χ4v) is 10.5. The fraction of sp³-hybridized carbons (Fsp3) is 0.559. The number of nitrogens with one attached hydrogen (secondary N) is 6. The molecule has 0 radical (unpaired) electrons. The number of nitrogens with zero attached hydrogens (tertiary/aromatic N) is 1. The molecule has 13 N–H and O–H groups in total. The lowest BCUT2D eigenvalue weighted by Crippen LogP contribution is -2.61. The number of benzene rings is 2. The summed E-state index contributed by atoms with van der Waals surface area (Å²) in [5.74, 6) is -11.4. The molecule has 10 atom stereocenters. The number of amides is 9. The third-order valence-electron chi connectivity index (χ3n) is 15.2. The predicted octanol–water partition coefficient (Wildman–Crippen LogP) is -3.07. The van der Waals surface area contributed by atoms with Gasteiger partial charge in [0.05, 0.1) is 88.1 Å². The van der Waals surface area contributed by atoms with E-state index in [0.29, 0.717) is 0 Å². The van der Waals surface area contributed by atoms with E-state index in [1.807, 2.05) is 0 Å². The molecule has 492 valence electrons. The van der Waals surface area contributed by atoms with Crippen molar-refractivity contribution in [3.05, 3.63) is 63.7 Å². The van der Waals surface area contributed by atoms with Gasteiger partial charge in [0.1, 0.15) is 59.7 Å². The number of fused-ring (bicyclic) bond motifs is 3. The maximum absolute atomic E-state index is 14.2. The SMILES string of the molecule is COc1cccc2c1C(=O)c1c(O)c3c(c(O)c1C2=O)C[C@@](O)(C(=O)CO)C[C@@H]3O[C@@H]1C[C@H](NC(=O)C(CC(C)C)NC(=O)[C@@H](CC(N)=O)NC(=O)[C@@H](C)NC(=O)[C@@H](C)NC(=O)CCOCCOCCOCCNC(=O)CCN2C(=O)C=CC2=O)[C@@H](O)[C@H](C)O1. The van der Waals surface area contributed by atoms with E-state index in [0.717, 1.165) is 17.1 Å². The first-order valence-electron chi connectivity index (χ1n) is 29.2. The van der Waals surface area contributed by atoms with E-state index in [1.54, 1.807) is 13.8 Å². The lowest BCUT2D eigenvalue weighted by atomic mass is 9.72. The highest BCUT2D eigenvalue weighted by atomic mass is 16.7. The molecule has 2 heterocycles. The van der Waals surface area contributed by atoms with Crippen LogP contribution < -0.4 is 42.4 Å². The van der Waals surface area contributed by atoms with E-state index < -0.39 is 174 Å². The Morgan fingerprint density at radius 1 is 0.756 bits per heavy atom. The number of phenols is 2. The third-order valence-corrected chi connectivity index (χ3v) is 15.2. The van der Waals surface area contributed by atoms with Crippen LogP contribution in [0, 0.1) is 5.92 Å². The summed E-state index contributed by atoms with van der Waals surface area (Å²) in [6.45, 7) is 7.39. The Labute approximate surface area is 516 Å². The molecular formula is C59H78N8O23. The number of hydrogen-bond donors (Lipinski definition) is 12. The standard InChI is InChI=1S/C59H78N8O23/c1-28(2)22-35(66-58(83)36(23-40(60)70)65-56(81)30(4)63-55(80)29(3)62-42(72)13-16-86-18-20-88-21-19-87-17-14-61-41(71)12-15-67-43(73)10-11-44(67)74)57(82)64-34-24-45(89-31(5)50(34)75)90-38-26-59(84,39(69)27-68)25-33-47(38)54(79)49-48(52(33)77)51(76)32-8-7-9-37(85-6)46(32)53(49)78/h7-11,28-31,34-36,38,45,50,68,75,77,79,84H,12-27H2,1-6H3,(H2,60,70)(H,61,71)(H,62,72)(H,63,80)(H,64,82)(H,65,81)(H,66,83)/t29-,30-,31+,34+,35?,36-,38+,45-,50+,59+/m1/s1. The summed E-state index contributed by atoms with van der Waals surface area (Å²) in [6, 6.07) is -2.67. The Balaban J connectivity index is 0.983. The minimum atomic E-state index is -2.48. The number of ether oxygens (including phenoxy) is 6. The number of carbonyl (C=O) groups is 12. The number of aliphatic hydroxyl groups excluding tert-OH is 2. The molecule has 1 saturated heterocycles. The molecule has 4 aliphatic rings. The zero-order valence-electron chi connectivity index (χ0n) is 50.6. The van der Waals surface area contributed by atoms with E-state index >= 15 is 0 Å². The summed E-state index contributed by atoms with van der Waals surface area (Å²) in [4.78, 5) is 157. The number of phenolic OH excluding ortho intramolecular Hbond substituents is 2. The number of Topliss-reactive ketones (excluding diaryl/α,β-unsaturated/α-hetero) is 1. The molecule has 31 heteroatoms. The maximum atomic E-state index is 14.2. The lowest BCUT2D eigenvalue weighted by Gasteiger charge is -2.43. The first-order valence-corrected chi connectivity index (χ1v) is 29.2. The second-order valence-electron chi connectivity index (χ2n) is 22.4. The molecule has 2 aromatic rings. The first kappa shape index (κ1) is 70.8. The van der Waals surface area contributed by atoms with Crippen molar-refractivity contribution in [2.45, 2.75) is 140 Å². The highest BCUT2D eigenvalue weighted by Crippen LogP contribution is 2.52. The van der Waals surface area contributed by atoms with Crippen LogP contribution in [-0.2, 0) is 78.1 Å². The largest absolute Gasteiger partial charge is 0.507 e. The van der Waals surface area contributed by atoms with E-state index in [9.17, 15) is 83.1 Å². The van der Waals surface area contributed by atoms with Crippen molar-refractivity contribution >= 4 is 70.5 Å². The second kappa shape index (κ2) is 31.9. The molecule has 2 aliphatic carbocycles. The molecule has 2 aromatic carbocycles. The van der Waals surface area contributed by atoms with Gasteiger partial charge in [-0.25, -0.2) is 0 Å². The van der Waals surface area contributed by atoms with Crippen molar-refractivity contribution in [3.63, 3.8) is 0 Å². The molecule has 1 fully saturated rings. The van der Waals surface area contributed by atoms with Gasteiger partial charge in [-0.3, -0.25) is 62.4 Å². The summed E-state index contributed by atoms with van der Waals surface area (Å²) in [5, 5.41) is 71.8. The van der Waals surface area contributed by atoms with Crippen LogP contribution in [-0.4, -0.2) is 222 Å². The number of hydrogen-bond acceptors (Lipinski definition) is 23. The van der Waals surface area contributed by atoms with E-state index in [-0.39, 0.29) is 118 Å². The molecule has 0 bridgehead atoms. The highest BCUT2D eigenvalue weighted by molar-refractivity contribution is 6.31. The van der Waals surface area contributed by atoms with Crippen LogP contribution in [0.4, 0.5) is 0 Å². The van der Waals surface area contributed by atoms with Crippen LogP contribution in [0.3, 0.4) is 0 Å². The molecule has 9 amide bonds. The monoisotopic (exact) mass is 1270 g/mol. The van der Waals surface area contributed by atoms with Gasteiger partial charge < -0.3 is 91.6 Å². The van der Waals surface area contributed by atoms with Crippen molar-refractivity contribution in [2.24, 2.45) is 11.7 Å². The molecule has 1 unspecified atom stereocenters. The van der Waals surface area contributed by atoms with E-state index in [4.69, 9.17) is 34.2 Å². The van der Waals surface area contributed by atoms with Gasteiger partial charge in [-0.2, -0.15) is 0 Å². The number of methoxy groups -OCH3 is 1. The second-order valence-corrected chi connectivity index (χ2v) is 22.4. The average molecular weight is 1270 g/mol. The Bertz CT molecular complexity index is 3100. The molecule has 31 nitrogen and oxygen atoms in total. The third kappa shape index (κ3) is 17.8. The Morgan fingerprint density at radius 3 is 2.00 bits per heavy atom. The Morgan fingerprint density at radius 2 is 1.37 bits per heavy atom. The van der Waals surface area contributed by atoms with Crippen LogP contribution >= 0.6 is 0 Å². The number of imide groups is 1. The number of aromatic hydroxyl groups is 2. The van der Waals surface area contributed by atoms with Gasteiger partial charge >= 0.3 is 0 Å². The van der Waals surface area contributed by atoms with Gasteiger partial charge in [-0.05, 0) is 39.2 Å². The molecule has 90 heavy (non-hydrogen) atoms. The molecule has 0 spiro atoms. The van der Waals surface area contributed by atoms with Gasteiger partial charge in [-0.15, -0.1) is 0 Å². The smallest absolute Gasteiger partial charge is 0.253 e. The summed E-state index contributed by atoms with van der Waals surface area (Å²) in [7, 11) is 1.26. The number of nitrogens with two attached hydrogens (primary N) is 1. The average Bonchev–Trinajstić information content (AvgIpc) is 0.774. The number of primary amides is 1. The van der Waals surface area contributed by atoms with Crippen LogP contribution in [0.1, 0.15) is 122 Å². The molecular weight excluding hydrogens is 1190 g/mol. The van der Waals surface area contributed by atoms with Gasteiger partial charge in [0.2, 0.25) is 47.1 Å². The van der Waals surface area contributed by atoms with E-state index in [2.05, 4.69) is 31.9 Å². The summed E-state index contributed by atoms with van der Waals surface area (Å²) >= 11 is 0. The zero-order valence-corrected chi connectivity index (χ0v) is 50.6. The quantitative estimate of drug-likeness (QED) is 0.0164. The normalized spacial score (nSPS) is 21.4. The summed E-state index contributed by atoms with van der Waals surface area (Å²) in [5.41, 5.74) is 0.740. The van der Waals surface area contributed by atoms with Gasteiger partial charge in [0, 0.05) is 74.0 Å². The van der Waals surface area contributed by atoms with Crippen LogP contribution in [0.5, 0.6) is 17.2 Å². The highest BCUT2D eigenvalue weighted by Gasteiger charge is 2.51. The topological polar surface area (TPSA) is 463 Å². The molecule has 2 aliphatic heterocycles. The van der Waals surface area contributed by atoms with Crippen LogP contribution in [0.25, 0.3) is 0 Å². The summed E-state index contributed by atoms with van der Waals surface area (Å²) < 4.78 is 33.8. The van der Waals surface area contributed by atoms with Crippen molar-refractivity contribution in [2.75, 3.05) is 66.4 Å². The van der Waals surface area contributed by atoms with Crippen molar-refractivity contribution in [1.29, 1.82) is 0 Å². The fourth-order valence-electron chi connectivity index (χ4n) is 10.5.